The molecule has 0 radical (unpaired) electrons. The van der Waals surface area contributed by atoms with Gasteiger partial charge in [-0.15, -0.1) is 11.6 Å². The maximum absolute atomic E-state index is 11.8. The number of rotatable bonds is 4. The van der Waals surface area contributed by atoms with E-state index < -0.39 is 11.7 Å². The van der Waals surface area contributed by atoms with E-state index in [0.717, 1.165) is 0 Å². The highest BCUT2D eigenvalue weighted by molar-refractivity contribution is 6.27. The van der Waals surface area contributed by atoms with Crippen molar-refractivity contribution in [3.8, 4) is 0 Å². The monoisotopic (exact) mass is 333 g/mol. The Kier molecular flexibility index (Phi) is 6.93. The lowest BCUT2D eigenvalue weighted by atomic mass is 10.1. The molecule has 0 saturated carbocycles. The van der Waals surface area contributed by atoms with Gasteiger partial charge in [-0.1, -0.05) is 0 Å². The van der Waals surface area contributed by atoms with Gasteiger partial charge < -0.3 is 20.3 Å². The first-order chi connectivity index (χ1) is 10.2. The molecule has 126 valence electrons. The molecular formula is C14H24ClN3O4. The van der Waals surface area contributed by atoms with Gasteiger partial charge in [0.05, 0.1) is 0 Å². The molecule has 0 spiro atoms. The van der Waals surface area contributed by atoms with Gasteiger partial charge in [-0.2, -0.15) is 0 Å². The van der Waals surface area contributed by atoms with Gasteiger partial charge in [0.2, 0.25) is 11.8 Å². The van der Waals surface area contributed by atoms with Crippen molar-refractivity contribution in [3.05, 3.63) is 0 Å². The minimum absolute atomic E-state index is 0.00677. The van der Waals surface area contributed by atoms with Crippen LogP contribution in [0.15, 0.2) is 0 Å². The number of carbonyl (C=O) groups excluding carboxylic acids is 3. The van der Waals surface area contributed by atoms with Gasteiger partial charge in [0.25, 0.3) is 0 Å². The average Bonchev–Trinajstić information content (AvgIpc) is 2.43. The molecule has 1 fully saturated rings. The number of ether oxygens (including phenoxy) is 1. The fraction of sp³-hybridized carbons (Fsp3) is 0.786. The van der Waals surface area contributed by atoms with Crippen LogP contribution in [0.4, 0.5) is 4.79 Å². The van der Waals surface area contributed by atoms with Crippen LogP contribution in [0.5, 0.6) is 0 Å². The number of hydrogen-bond acceptors (Lipinski definition) is 4. The van der Waals surface area contributed by atoms with Crippen molar-refractivity contribution in [3.63, 3.8) is 0 Å². The van der Waals surface area contributed by atoms with Crippen LogP contribution in [0.2, 0.25) is 0 Å². The third-order valence-electron chi connectivity index (χ3n) is 3.12. The molecule has 0 aromatic heterocycles. The topological polar surface area (TPSA) is 87.7 Å². The molecule has 1 rings (SSSR count). The SMILES string of the molecule is CC(C)(C)OC(=O)NCC(=O)NC1CCN(C(=O)CCl)CC1. The second-order valence-electron chi connectivity index (χ2n) is 6.21. The van der Waals surface area contributed by atoms with Crippen molar-refractivity contribution < 1.29 is 19.1 Å². The third kappa shape index (κ3) is 6.98. The van der Waals surface area contributed by atoms with Gasteiger partial charge in [-0.25, -0.2) is 4.79 Å². The van der Waals surface area contributed by atoms with E-state index in [-0.39, 0.29) is 30.3 Å². The fourth-order valence-electron chi connectivity index (χ4n) is 2.10. The molecule has 1 aliphatic heterocycles. The van der Waals surface area contributed by atoms with E-state index in [9.17, 15) is 14.4 Å². The molecule has 1 aliphatic rings. The van der Waals surface area contributed by atoms with E-state index in [1.165, 1.54) is 0 Å². The normalized spacial score (nSPS) is 16.1. The van der Waals surface area contributed by atoms with Crippen molar-refractivity contribution >= 4 is 29.5 Å². The van der Waals surface area contributed by atoms with Crippen LogP contribution in [0.1, 0.15) is 33.6 Å². The molecule has 2 N–H and O–H groups in total. The first-order valence-corrected chi connectivity index (χ1v) is 7.84. The van der Waals surface area contributed by atoms with E-state index in [1.807, 2.05) is 0 Å². The van der Waals surface area contributed by atoms with E-state index in [1.54, 1.807) is 25.7 Å². The molecule has 8 heteroatoms. The summed E-state index contributed by atoms with van der Waals surface area (Å²) in [4.78, 5) is 36.3. The van der Waals surface area contributed by atoms with Gasteiger partial charge in [-0.3, -0.25) is 9.59 Å². The van der Waals surface area contributed by atoms with Crippen LogP contribution in [0.3, 0.4) is 0 Å². The second-order valence-corrected chi connectivity index (χ2v) is 6.48. The Hall–Kier alpha value is -1.50. The standard InChI is InChI=1S/C14H24ClN3O4/c1-14(2,3)22-13(21)16-9-11(19)17-10-4-6-18(7-5-10)12(20)8-15/h10H,4-9H2,1-3H3,(H,16,21)(H,17,19). The van der Waals surface area contributed by atoms with Crippen LogP contribution in [0.25, 0.3) is 0 Å². The minimum Gasteiger partial charge on any atom is -0.444 e. The third-order valence-corrected chi connectivity index (χ3v) is 3.35. The van der Waals surface area contributed by atoms with Crippen LogP contribution in [-0.2, 0) is 14.3 Å². The van der Waals surface area contributed by atoms with Crippen LogP contribution >= 0.6 is 11.6 Å². The summed E-state index contributed by atoms with van der Waals surface area (Å²) in [5, 5.41) is 5.24. The number of nitrogens with one attached hydrogen (secondary N) is 2. The number of nitrogens with zero attached hydrogens (tertiary/aromatic N) is 1. The maximum Gasteiger partial charge on any atom is 0.408 e. The van der Waals surface area contributed by atoms with Crippen LogP contribution in [-0.4, -0.2) is 60.0 Å². The first-order valence-electron chi connectivity index (χ1n) is 7.31. The number of amides is 3. The summed E-state index contributed by atoms with van der Waals surface area (Å²) in [6.45, 7) is 6.29. The number of hydrogen-bond donors (Lipinski definition) is 2. The maximum atomic E-state index is 11.8. The van der Waals surface area contributed by atoms with Crippen molar-refractivity contribution in [2.75, 3.05) is 25.5 Å². The Labute approximate surface area is 135 Å². The molecule has 22 heavy (non-hydrogen) atoms. The fourth-order valence-corrected chi connectivity index (χ4v) is 2.27. The molecule has 7 nitrogen and oxygen atoms in total. The highest BCUT2D eigenvalue weighted by Gasteiger charge is 2.23. The number of likely N-dealkylation sites (tertiary alicyclic amines) is 1. The Morgan fingerprint density at radius 2 is 1.82 bits per heavy atom. The van der Waals surface area contributed by atoms with Crippen molar-refractivity contribution in [1.29, 1.82) is 0 Å². The Balaban J connectivity index is 2.24. The molecule has 0 bridgehead atoms. The molecule has 0 aromatic carbocycles. The smallest absolute Gasteiger partial charge is 0.408 e. The largest absolute Gasteiger partial charge is 0.444 e. The molecular weight excluding hydrogens is 310 g/mol. The molecule has 3 amide bonds. The number of carbonyl (C=O) groups is 3. The molecule has 0 aromatic rings. The number of piperidine rings is 1. The lowest BCUT2D eigenvalue weighted by Gasteiger charge is -2.32. The lowest BCUT2D eigenvalue weighted by molar-refractivity contribution is -0.129. The molecule has 0 unspecified atom stereocenters. The summed E-state index contributed by atoms with van der Waals surface area (Å²) in [5.74, 6) is -0.373. The zero-order chi connectivity index (χ0) is 16.8. The Bertz CT molecular complexity index is 415. The average molecular weight is 334 g/mol. The van der Waals surface area contributed by atoms with Gasteiger partial charge in [0, 0.05) is 19.1 Å². The van der Waals surface area contributed by atoms with Gasteiger partial charge in [-0.05, 0) is 33.6 Å². The molecule has 0 atom stereocenters. The lowest BCUT2D eigenvalue weighted by Crippen LogP contribution is -2.49. The number of halogens is 1. The van der Waals surface area contributed by atoms with Gasteiger partial charge in [0.1, 0.15) is 18.0 Å². The first kappa shape index (κ1) is 18.5. The highest BCUT2D eigenvalue weighted by atomic mass is 35.5. The van der Waals surface area contributed by atoms with Crippen molar-refractivity contribution in [1.82, 2.24) is 15.5 Å². The minimum atomic E-state index is -0.620. The summed E-state index contributed by atoms with van der Waals surface area (Å²) < 4.78 is 5.04. The summed E-state index contributed by atoms with van der Waals surface area (Å²) in [6, 6.07) is 0.00677. The summed E-state index contributed by atoms with van der Waals surface area (Å²) >= 11 is 5.51. The molecule has 1 saturated heterocycles. The zero-order valence-electron chi connectivity index (χ0n) is 13.3. The summed E-state index contributed by atoms with van der Waals surface area (Å²) in [5.41, 5.74) is -0.595. The highest BCUT2D eigenvalue weighted by Crippen LogP contribution is 2.11. The van der Waals surface area contributed by atoms with Crippen LogP contribution < -0.4 is 10.6 Å². The molecule has 0 aliphatic carbocycles. The van der Waals surface area contributed by atoms with E-state index in [2.05, 4.69) is 10.6 Å². The quantitative estimate of drug-likeness (QED) is 0.747. The van der Waals surface area contributed by atoms with E-state index in [0.29, 0.717) is 25.9 Å². The summed E-state index contributed by atoms with van der Waals surface area (Å²) in [6.07, 6.45) is 0.743. The Morgan fingerprint density at radius 1 is 1.23 bits per heavy atom. The van der Waals surface area contributed by atoms with E-state index in [4.69, 9.17) is 16.3 Å². The Morgan fingerprint density at radius 3 is 2.32 bits per heavy atom. The summed E-state index contributed by atoms with van der Waals surface area (Å²) in [7, 11) is 0. The predicted molar refractivity (Wildman–Crippen MR) is 82.7 cm³/mol. The zero-order valence-corrected chi connectivity index (χ0v) is 14.0. The second kappa shape index (κ2) is 8.22. The number of alkyl halides is 1. The number of alkyl carbamates (subject to hydrolysis) is 1. The van der Waals surface area contributed by atoms with E-state index >= 15 is 0 Å². The van der Waals surface area contributed by atoms with Gasteiger partial charge in [0.15, 0.2) is 0 Å². The van der Waals surface area contributed by atoms with Crippen molar-refractivity contribution in [2.24, 2.45) is 0 Å². The van der Waals surface area contributed by atoms with Gasteiger partial charge >= 0.3 is 6.09 Å². The molecule has 1 heterocycles. The van der Waals surface area contributed by atoms with Crippen molar-refractivity contribution in [2.45, 2.75) is 45.3 Å². The predicted octanol–water partition coefficient (Wildman–Crippen LogP) is 0.857. The van der Waals surface area contributed by atoms with Crippen LogP contribution in [0, 0.1) is 0 Å².